The highest BCUT2D eigenvalue weighted by Gasteiger charge is 2.20. The van der Waals surface area contributed by atoms with Crippen LogP contribution in [0.25, 0.3) is 0 Å². The minimum Gasteiger partial charge on any atom is -0.389 e. The van der Waals surface area contributed by atoms with Gasteiger partial charge in [0.15, 0.2) is 0 Å². The van der Waals surface area contributed by atoms with Crippen LogP contribution in [0.3, 0.4) is 0 Å². The van der Waals surface area contributed by atoms with E-state index in [-0.39, 0.29) is 0 Å². The van der Waals surface area contributed by atoms with E-state index in [1.807, 2.05) is 12.1 Å². The van der Waals surface area contributed by atoms with Crippen LogP contribution in [-0.2, 0) is 0 Å². The molecule has 18 heavy (non-hydrogen) atoms. The van der Waals surface area contributed by atoms with E-state index >= 15 is 0 Å². The summed E-state index contributed by atoms with van der Waals surface area (Å²) >= 11 is 0. The average molecular weight is 249 g/mol. The van der Waals surface area contributed by atoms with Crippen molar-refractivity contribution in [2.45, 2.75) is 26.4 Å². The minimum absolute atomic E-state index is 0.456. The summed E-state index contributed by atoms with van der Waals surface area (Å²) in [6.45, 7) is 9.37. The summed E-state index contributed by atoms with van der Waals surface area (Å²) < 4.78 is 0. The summed E-state index contributed by atoms with van der Waals surface area (Å²) in [5.74, 6) is 0.948. The van der Waals surface area contributed by atoms with Crippen molar-refractivity contribution in [3.8, 4) is 0 Å². The first-order valence-electron chi connectivity index (χ1n) is 6.82. The molecule has 2 rings (SSSR count). The van der Waals surface area contributed by atoms with Crippen LogP contribution in [0.5, 0.6) is 0 Å². The highest BCUT2D eigenvalue weighted by Crippen LogP contribution is 2.24. The first-order chi connectivity index (χ1) is 8.72. The van der Waals surface area contributed by atoms with Crippen molar-refractivity contribution in [1.82, 2.24) is 9.88 Å². The van der Waals surface area contributed by atoms with E-state index in [0.29, 0.717) is 0 Å². The molecule has 1 aromatic heterocycles. The van der Waals surface area contributed by atoms with E-state index in [1.165, 1.54) is 13.0 Å². The van der Waals surface area contributed by atoms with Gasteiger partial charge in [0.1, 0.15) is 5.82 Å². The standard InChI is InChI=1S/C14H23N3O/c1-3-7-16-8-10-17(11-9-16)14-13(12(2)18)5-4-6-15-14/h4-6,12,18H,3,7-11H2,1-2H3/t12-/m1/s1. The highest BCUT2D eigenvalue weighted by molar-refractivity contribution is 5.48. The molecular weight excluding hydrogens is 226 g/mol. The fraction of sp³-hybridized carbons (Fsp3) is 0.643. The summed E-state index contributed by atoms with van der Waals surface area (Å²) in [7, 11) is 0. The van der Waals surface area contributed by atoms with Gasteiger partial charge in [-0.05, 0) is 26.0 Å². The number of rotatable bonds is 4. The fourth-order valence-corrected chi connectivity index (χ4v) is 2.50. The first kappa shape index (κ1) is 13.3. The Morgan fingerprint density at radius 1 is 1.33 bits per heavy atom. The predicted molar refractivity (Wildman–Crippen MR) is 73.8 cm³/mol. The number of pyridine rings is 1. The lowest BCUT2D eigenvalue weighted by Gasteiger charge is -2.36. The van der Waals surface area contributed by atoms with Crippen molar-refractivity contribution < 1.29 is 5.11 Å². The van der Waals surface area contributed by atoms with Gasteiger partial charge in [0.2, 0.25) is 0 Å². The maximum absolute atomic E-state index is 9.79. The quantitative estimate of drug-likeness (QED) is 0.881. The van der Waals surface area contributed by atoms with E-state index in [9.17, 15) is 5.11 Å². The third kappa shape index (κ3) is 3.00. The normalized spacial score (nSPS) is 18.9. The second-order valence-electron chi connectivity index (χ2n) is 4.92. The average Bonchev–Trinajstić information content (AvgIpc) is 2.40. The third-order valence-electron chi connectivity index (χ3n) is 3.48. The van der Waals surface area contributed by atoms with Gasteiger partial charge >= 0.3 is 0 Å². The Morgan fingerprint density at radius 3 is 2.67 bits per heavy atom. The number of piperazine rings is 1. The zero-order valence-electron chi connectivity index (χ0n) is 11.3. The number of nitrogens with zero attached hydrogens (tertiary/aromatic N) is 3. The van der Waals surface area contributed by atoms with Crippen molar-refractivity contribution in [3.63, 3.8) is 0 Å². The number of aliphatic hydroxyl groups excluding tert-OH is 1. The Kier molecular flexibility index (Phi) is 4.55. The summed E-state index contributed by atoms with van der Waals surface area (Å²) in [5, 5.41) is 9.79. The Bertz CT molecular complexity index is 373. The van der Waals surface area contributed by atoms with Crippen LogP contribution in [-0.4, -0.2) is 47.7 Å². The van der Waals surface area contributed by atoms with Gasteiger partial charge in [-0.2, -0.15) is 0 Å². The van der Waals surface area contributed by atoms with Crippen LogP contribution in [0.2, 0.25) is 0 Å². The lowest BCUT2D eigenvalue weighted by molar-refractivity contribution is 0.198. The van der Waals surface area contributed by atoms with Gasteiger partial charge in [0.05, 0.1) is 6.10 Å². The van der Waals surface area contributed by atoms with Gasteiger partial charge in [-0.15, -0.1) is 0 Å². The van der Waals surface area contributed by atoms with Gasteiger partial charge in [0, 0.05) is 37.9 Å². The molecule has 4 heteroatoms. The molecule has 1 atom stereocenters. The molecule has 1 aliphatic heterocycles. The molecule has 0 radical (unpaired) electrons. The summed E-state index contributed by atoms with van der Waals surface area (Å²) in [4.78, 5) is 9.22. The van der Waals surface area contributed by atoms with Gasteiger partial charge < -0.3 is 10.0 Å². The predicted octanol–water partition coefficient (Wildman–Crippen LogP) is 1.67. The highest BCUT2D eigenvalue weighted by atomic mass is 16.3. The summed E-state index contributed by atoms with van der Waals surface area (Å²) in [5.41, 5.74) is 0.932. The third-order valence-corrected chi connectivity index (χ3v) is 3.48. The molecule has 100 valence electrons. The Hall–Kier alpha value is -1.13. The molecule has 1 fully saturated rings. The molecule has 1 aromatic rings. The summed E-state index contributed by atoms with van der Waals surface area (Å²) in [6, 6.07) is 3.85. The van der Waals surface area contributed by atoms with Crippen molar-refractivity contribution in [2.75, 3.05) is 37.6 Å². The Labute approximate surface area is 109 Å². The molecule has 0 unspecified atom stereocenters. The first-order valence-corrected chi connectivity index (χ1v) is 6.82. The Balaban J connectivity index is 2.05. The zero-order chi connectivity index (χ0) is 13.0. The van der Waals surface area contributed by atoms with Crippen molar-refractivity contribution in [2.24, 2.45) is 0 Å². The number of aromatic nitrogens is 1. The molecule has 0 bridgehead atoms. The van der Waals surface area contributed by atoms with E-state index in [4.69, 9.17) is 0 Å². The lowest BCUT2D eigenvalue weighted by atomic mass is 10.1. The van der Waals surface area contributed by atoms with Crippen LogP contribution in [0.15, 0.2) is 18.3 Å². The molecule has 0 amide bonds. The molecule has 0 saturated carbocycles. The second kappa shape index (κ2) is 6.16. The Morgan fingerprint density at radius 2 is 2.06 bits per heavy atom. The molecule has 0 aromatic carbocycles. The maximum Gasteiger partial charge on any atom is 0.134 e. The maximum atomic E-state index is 9.79. The molecule has 2 heterocycles. The van der Waals surface area contributed by atoms with Crippen LogP contribution in [0.4, 0.5) is 5.82 Å². The minimum atomic E-state index is -0.456. The molecule has 1 saturated heterocycles. The van der Waals surface area contributed by atoms with E-state index in [2.05, 4.69) is 21.7 Å². The van der Waals surface area contributed by atoms with E-state index in [0.717, 1.165) is 37.6 Å². The van der Waals surface area contributed by atoms with Gasteiger partial charge in [-0.1, -0.05) is 13.0 Å². The number of anilines is 1. The van der Waals surface area contributed by atoms with E-state index < -0.39 is 6.10 Å². The largest absolute Gasteiger partial charge is 0.389 e. The fourth-order valence-electron chi connectivity index (χ4n) is 2.50. The van der Waals surface area contributed by atoms with Crippen molar-refractivity contribution in [3.05, 3.63) is 23.9 Å². The van der Waals surface area contributed by atoms with Crippen LogP contribution < -0.4 is 4.90 Å². The zero-order valence-corrected chi connectivity index (χ0v) is 11.3. The SMILES string of the molecule is CCCN1CCN(c2ncccc2[C@@H](C)O)CC1. The van der Waals surface area contributed by atoms with Gasteiger partial charge in [-0.25, -0.2) is 4.98 Å². The molecule has 1 N–H and O–H groups in total. The van der Waals surface area contributed by atoms with Crippen LogP contribution in [0.1, 0.15) is 31.9 Å². The van der Waals surface area contributed by atoms with Crippen molar-refractivity contribution >= 4 is 5.82 Å². The van der Waals surface area contributed by atoms with E-state index in [1.54, 1.807) is 13.1 Å². The van der Waals surface area contributed by atoms with Crippen LogP contribution >= 0.6 is 0 Å². The number of hydrogen-bond acceptors (Lipinski definition) is 4. The van der Waals surface area contributed by atoms with Gasteiger partial charge in [0.25, 0.3) is 0 Å². The van der Waals surface area contributed by atoms with Gasteiger partial charge in [-0.3, -0.25) is 4.90 Å². The molecule has 0 aliphatic carbocycles. The second-order valence-corrected chi connectivity index (χ2v) is 4.92. The monoisotopic (exact) mass is 249 g/mol. The molecule has 4 nitrogen and oxygen atoms in total. The van der Waals surface area contributed by atoms with Crippen LogP contribution in [0, 0.1) is 0 Å². The number of aliphatic hydroxyl groups is 1. The number of hydrogen-bond donors (Lipinski definition) is 1. The topological polar surface area (TPSA) is 39.6 Å². The molecular formula is C14H23N3O. The van der Waals surface area contributed by atoms with Crippen molar-refractivity contribution in [1.29, 1.82) is 0 Å². The molecule has 0 spiro atoms. The smallest absolute Gasteiger partial charge is 0.134 e. The molecule has 1 aliphatic rings. The summed E-state index contributed by atoms with van der Waals surface area (Å²) in [6.07, 6.45) is 2.56. The lowest BCUT2D eigenvalue weighted by Crippen LogP contribution is -2.47.